The van der Waals surface area contributed by atoms with Crippen LogP contribution in [0.25, 0.3) is 0 Å². The lowest BCUT2D eigenvalue weighted by Crippen LogP contribution is -2.42. The first-order valence-electron chi connectivity index (χ1n) is 7.54. The van der Waals surface area contributed by atoms with E-state index in [0.29, 0.717) is 6.04 Å². The highest BCUT2D eigenvalue weighted by atomic mass is 32.2. The Balaban J connectivity index is 1.61. The monoisotopic (exact) mass is 294 g/mol. The second-order valence-corrected chi connectivity index (χ2v) is 7.18. The summed E-state index contributed by atoms with van der Waals surface area (Å²) in [4.78, 5) is 2.54. The third kappa shape index (κ3) is 5.73. The average Bonchev–Trinajstić information content (AvgIpc) is 2.46. The fourth-order valence-corrected chi connectivity index (χ4v) is 3.27. The summed E-state index contributed by atoms with van der Waals surface area (Å²) >= 11 is 0. The maximum atomic E-state index is 11.0. The van der Waals surface area contributed by atoms with Crippen LogP contribution in [0.3, 0.4) is 0 Å². The van der Waals surface area contributed by atoms with E-state index < -0.39 is 10.8 Å². The summed E-state index contributed by atoms with van der Waals surface area (Å²) in [5.74, 6) is 0.819. The first kappa shape index (κ1) is 15.7. The van der Waals surface area contributed by atoms with E-state index in [2.05, 4.69) is 40.5 Å². The molecule has 2 rings (SSSR count). The van der Waals surface area contributed by atoms with Crippen LogP contribution < -0.4 is 5.32 Å². The van der Waals surface area contributed by atoms with Crippen LogP contribution in [0.4, 0.5) is 0 Å². The second kappa shape index (κ2) is 8.55. The van der Waals surface area contributed by atoms with Crippen LogP contribution in [0.5, 0.6) is 0 Å². The minimum atomic E-state index is -0.649. The van der Waals surface area contributed by atoms with Gasteiger partial charge in [-0.05, 0) is 44.5 Å². The number of nitrogens with one attached hydrogen (secondary N) is 1. The molecule has 1 aromatic rings. The van der Waals surface area contributed by atoms with E-state index in [0.717, 1.165) is 25.3 Å². The number of benzene rings is 1. The molecule has 0 bridgehead atoms. The topological polar surface area (TPSA) is 32.3 Å². The van der Waals surface area contributed by atoms with Crippen molar-refractivity contribution in [2.24, 2.45) is 0 Å². The van der Waals surface area contributed by atoms with E-state index in [-0.39, 0.29) is 0 Å². The minimum Gasteiger partial charge on any atom is -0.314 e. The predicted octanol–water partition coefficient (Wildman–Crippen LogP) is 2.01. The van der Waals surface area contributed by atoms with Gasteiger partial charge >= 0.3 is 0 Å². The number of hydrogen-bond donors (Lipinski definition) is 1. The molecular formula is C16H26N2OS. The summed E-state index contributed by atoms with van der Waals surface area (Å²) in [5.41, 5.74) is 1.41. The molecule has 1 saturated heterocycles. The highest BCUT2D eigenvalue weighted by Crippen LogP contribution is 2.13. The van der Waals surface area contributed by atoms with Gasteiger partial charge in [0.1, 0.15) is 0 Å². The molecule has 1 aromatic carbocycles. The van der Waals surface area contributed by atoms with Gasteiger partial charge in [-0.15, -0.1) is 0 Å². The standard InChI is InChI=1S/C16H26N2OS/c1-20(19)13-5-10-17-16-8-11-18(12-9-16)14-15-6-3-2-4-7-15/h2-4,6-7,16-17H,5,8-14H2,1H3. The van der Waals surface area contributed by atoms with Crippen LogP contribution in [-0.4, -0.2) is 46.8 Å². The van der Waals surface area contributed by atoms with Crippen molar-refractivity contribution in [3.63, 3.8) is 0 Å². The van der Waals surface area contributed by atoms with Gasteiger partial charge in [0.2, 0.25) is 0 Å². The molecule has 0 aromatic heterocycles. The van der Waals surface area contributed by atoms with Crippen LogP contribution in [0.1, 0.15) is 24.8 Å². The number of hydrogen-bond acceptors (Lipinski definition) is 3. The number of rotatable bonds is 7. The molecule has 1 heterocycles. The lowest BCUT2D eigenvalue weighted by molar-refractivity contribution is 0.191. The van der Waals surface area contributed by atoms with Crippen LogP contribution in [0, 0.1) is 0 Å². The molecule has 3 nitrogen and oxygen atoms in total. The zero-order valence-electron chi connectivity index (χ0n) is 12.4. The van der Waals surface area contributed by atoms with Crippen molar-refractivity contribution in [2.45, 2.75) is 31.8 Å². The molecule has 112 valence electrons. The SMILES string of the molecule is CS(=O)CCCNC1CCN(Cc2ccccc2)CC1. The molecule has 1 aliphatic heterocycles. The first-order chi connectivity index (χ1) is 9.74. The third-order valence-electron chi connectivity index (χ3n) is 3.88. The molecular weight excluding hydrogens is 268 g/mol. The van der Waals surface area contributed by atoms with Crippen molar-refractivity contribution in [3.05, 3.63) is 35.9 Å². The molecule has 1 atom stereocenters. The Kier molecular flexibility index (Phi) is 6.70. The van der Waals surface area contributed by atoms with Gasteiger partial charge in [-0.1, -0.05) is 30.3 Å². The van der Waals surface area contributed by atoms with Gasteiger partial charge in [0, 0.05) is 35.4 Å². The highest BCUT2D eigenvalue weighted by molar-refractivity contribution is 7.84. The summed E-state index contributed by atoms with van der Waals surface area (Å²) in [6, 6.07) is 11.4. The summed E-state index contributed by atoms with van der Waals surface area (Å²) in [6.45, 7) is 4.42. The average molecular weight is 294 g/mol. The van der Waals surface area contributed by atoms with Gasteiger partial charge in [-0.2, -0.15) is 0 Å². The lowest BCUT2D eigenvalue weighted by atomic mass is 10.0. The van der Waals surface area contributed by atoms with E-state index in [1.54, 1.807) is 6.26 Å². The number of piperidine rings is 1. The first-order valence-corrected chi connectivity index (χ1v) is 9.26. The third-order valence-corrected chi connectivity index (χ3v) is 4.74. The Morgan fingerprint density at radius 2 is 1.95 bits per heavy atom. The van der Waals surface area contributed by atoms with Gasteiger partial charge < -0.3 is 5.32 Å². The maximum Gasteiger partial charge on any atom is 0.0244 e. The maximum absolute atomic E-state index is 11.0. The van der Waals surface area contributed by atoms with Crippen LogP contribution in [-0.2, 0) is 17.3 Å². The Bertz CT molecular complexity index is 402. The summed E-state index contributed by atoms with van der Waals surface area (Å²) < 4.78 is 11.0. The van der Waals surface area contributed by atoms with Gasteiger partial charge in [-0.3, -0.25) is 9.11 Å². The van der Waals surface area contributed by atoms with Crippen molar-refractivity contribution < 1.29 is 4.21 Å². The number of nitrogens with zero attached hydrogens (tertiary/aromatic N) is 1. The van der Waals surface area contributed by atoms with Crippen LogP contribution >= 0.6 is 0 Å². The second-order valence-electron chi connectivity index (χ2n) is 5.62. The molecule has 4 heteroatoms. The van der Waals surface area contributed by atoms with Crippen molar-refractivity contribution in [1.29, 1.82) is 0 Å². The molecule has 0 aliphatic carbocycles. The zero-order valence-corrected chi connectivity index (χ0v) is 13.2. The van der Waals surface area contributed by atoms with E-state index in [9.17, 15) is 4.21 Å². The van der Waals surface area contributed by atoms with E-state index >= 15 is 0 Å². The molecule has 0 spiro atoms. The quantitative estimate of drug-likeness (QED) is 0.781. The van der Waals surface area contributed by atoms with E-state index in [1.807, 2.05) is 0 Å². The zero-order chi connectivity index (χ0) is 14.2. The number of likely N-dealkylation sites (tertiary alicyclic amines) is 1. The largest absolute Gasteiger partial charge is 0.314 e. The molecule has 1 N–H and O–H groups in total. The fourth-order valence-electron chi connectivity index (χ4n) is 2.72. The smallest absolute Gasteiger partial charge is 0.0244 e. The van der Waals surface area contributed by atoms with Crippen molar-refractivity contribution >= 4 is 10.8 Å². The molecule has 20 heavy (non-hydrogen) atoms. The summed E-state index contributed by atoms with van der Waals surface area (Å²) in [7, 11) is -0.649. The van der Waals surface area contributed by atoms with E-state index in [4.69, 9.17) is 0 Å². The van der Waals surface area contributed by atoms with Gasteiger partial charge in [-0.25, -0.2) is 0 Å². The van der Waals surface area contributed by atoms with Crippen LogP contribution in [0.15, 0.2) is 30.3 Å². The molecule has 0 saturated carbocycles. The Morgan fingerprint density at radius 1 is 1.25 bits per heavy atom. The van der Waals surface area contributed by atoms with E-state index in [1.165, 1.54) is 31.5 Å². The van der Waals surface area contributed by atoms with Crippen molar-refractivity contribution in [2.75, 3.05) is 31.6 Å². The summed E-state index contributed by atoms with van der Waals surface area (Å²) in [6.07, 6.45) is 5.25. The van der Waals surface area contributed by atoms with Crippen molar-refractivity contribution in [1.82, 2.24) is 10.2 Å². The molecule has 1 unspecified atom stereocenters. The highest BCUT2D eigenvalue weighted by Gasteiger charge is 2.18. The fraction of sp³-hybridized carbons (Fsp3) is 0.625. The Labute approximate surface area is 125 Å². The molecule has 1 fully saturated rings. The molecule has 0 amide bonds. The lowest BCUT2D eigenvalue weighted by Gasteiger charge is -2.32. The Hall–Kier alpha value is -0.710. The van der Waals surface area contributed by atoms with Gasteiger partial charge in [0.25, 0.3) is 0 Å². The molecule has 0 radical (unpaired) electrons. The minimum absolute atomic E-state index is 0.646. The van der Waals surface area contributed by atoms with Gasteiger partial charge in [0.15, 0.2) is 0 Å². The van der Waals surface area contributed by atoms with Crippen LogP contribution in [0.2, 0.25) is 0 Å². The molecule has 1 aliphatic rings. The van der Waals surface area contributed by atoms with Gasteiger partial charge in [0.05, 0.1) is 0 Å². The predicted molar refractivity (Wildman–Crippen MR) is 86.3 cm³/mol. The summed E-state index contributed by atoms with van der Waals surface area (Å²) in [5, 5.41) is 3.60. The Morgan fingerprint density at radius 3 is 2.60 bits per heavy atom. The van der Waals surface area contributed by atoms with Crippen molar-refractivity contribution in [3.8, 4) is 0 Å². The normalized spacial score (nSPS) is 19.1.